The molecular formula is C21H23NO5S. The Morgan fingerprint density at radius 3 is 2.96 bits per heavy atom. The van der Waals surface area contributed by atoms with Crippen LogP contribution in [-0.2, 0) is 22.4 Å². The number of hydrogen-bond donors (Lipinski definition) is 1. The van der Waals surface area contributed by atoms with E-state index in [9.17, 15) is 9.59 Å². The first-order valence-corrected chi connectivity index (χ1v) is 10.3. The first-order valence-electron chi connectivity index (χ1n) is 9.47. The van der Waals surface area contributed by atoms with E-state index in [4.69, 9.17) is 14.2 Å². The van der Waals surface area contributed by atoms with E-state index in [1.54, 1.807) is 0 Å². The zero-order valence-electron chi connectivity index (χ0n) is 15.9. The molecule has 1 aromatic carbocycles. The minimum atomic E-state index is -0.432. The van der Waals surface area contributed by atoms with Crippen LogP contribution in [0, 0.1) is 5.92 Å². The number of aryl methyl sites for hydroxylation is 1. The smallest absolute Gasteiger partial charge is 0.348 e. The monoisotopic (exact) mass is 401 g/mol. The van der Waals surface area contributed by atoms with Crippen molar-refractivity contribution < 1.29 is 23.8 Å². The standard InChI is InChI=1S/C21H23NO5S/c1-12-3-6-18-15(7-12)9-19(28-18)21(24)25-10-20(23)22-13(2)14-4-5-16-17(8-14)27-11-26-16/h4-5,8-9,12-13H,3,6-7,10-11H2,1-2H3,(H,22,23). The summed E-state index contributed by atoms with van der Waals surface area (Å²) in [5, 5.41) is 2.84. The van der Waals surface area contributed by atoms with Gasteiger partial charge in [-0.2, -0.15) is 0 Å². The number of fused-ring (bicyclic) bond motifs is 2. The van der Waals surface area contributed by atoms with Crippen LogP contribution in [0.5, 0.6) is 11.5 Å². The average Bonchev–Trinajstić information content (AvgIpc) is 3.31. The Hall–Kier alpha value is -2.54. The molecule has 0 bridgehead atoms. The quantitative estimate of drug-likeness (QED) is 0.775. The second-order valence-electron chi connectivity index (χ2n) is 7.39. The average molecular weight is 401 g/mol. The van der Waals surface area contributed by atoms with Gasteiger partial charge in [-0.05, 0) is 61.4 Å². The van der Waals surface area contributed by atoms with Gasteiger partial charge in [0.25, 0.3) is 5.91 Å². The van der Waals surface area contributed by atoms with Gasteiger partial charge in [-0.3, -0.25) is 4.79 Å². The van der Waals surface area contributed by atoms with E-state index >= 15 is 0 Å². The molecule has 2 heterocycles. The number of esters is 1. The van der Waals surface area contributed by atoms with Crippen LogP contribution >= 0.6 is 11.3 Å². The highest BCUT2D eigenvalue weighted by Gasteiger charge is 2.22. The molecule has 4 rings (SSSR count). The van der Waals surface area contributed by atoms with E-state index in [2.05, 4.69) is 12.2 Å². The van der Waals surface area contributed by atoms with Gasteiger partial charge in [0.2, 0.25) is 6.79 Å². The minimum absolute atomic E-state index is 0.209. The molecule has 2 aromatic rings. The fraction of sp³-hybridized carbons (Fsp3) is 0.429. The third-order valence-corrected chi connectivity index (χ3v) is 6.36. The summed E-state index contributed by atoms with van der Waals surface area (Å²) in [5.41, 5.74) is 2.14. The minimum Gasteiger partial charge on any atom is -0.454 e. The number of rotatable bonds is 5. The van der Waals surface area contributed by atoms with E-state index in [-0.39, 0.29) is 25.3 Å². The lowest BCUT2D eigenvalue weighted by atomic mass is 9.90. The Labute approximate surface area is 167 Å². The van der Waals surface area contributed by atoms with Crippen molar-refractivity contribution in [2.24, 2.45) is 5.92 Å². The highest BCUT2D eigenvalue weighted by atomic mass is 32.1. The zero-order chi connectivity index (χ0) is 19.7. The molecule has 28 heavy (non-hydrogen) atoms. The van der Waals surface area contributed by atoms with Crippen LogP contribution < -0.4 is 14.8 Å². The maximum Gasteiger partial charge on any atom is 0.348 e. The molecule has 0 saturated carbocycles. The van der Waals surface area contributed by atoms with Crippen LogP contribution in [0.25, 0.3) is 0 Å². The Morgan fingerprint density at radius 1 is 1.29 bits per heavy atom. The lowest BCUT2D eigenvalue weighted by Crippen LogP contribution is -2.31. The summed E-state index contributed by atoms with van der Waals surface area (Å²) in [7, 11) is 0. The maximum atomic E-state index is 12.3. The van der Waals surface area contributed by atoms with Gasteiger partial charge in [0.15, 0.2) is 18.1 Å². The number of carbonyl (C=O) groups excluding carboxylic acids is 2. The van der Waals surface area contributed by atoms with Crippen LogP contribution in [0.1, 0.15) is 52.0 Å². The summed E-state index contributed by atoms with van der Waals surface area (Å²) in [6.45, 7) is 4.00. The van der Waals surface area contributed by atoms with Gasteiger partial charge in [0.05, 0.1) is 6.04 Å². The van der Waals surface area contributed by atoms with Gasteiger partial charge in [-0.1, -0.05) is 13.0 Å². The molecule has 1 amide bonds. The van der Waals surface area contributed by atoms with Crippen LogP contribution in [0.4, 0.5) is 0 Å². The summed E-state index contributed by atoms with van der Waals surface area (Å²) in [5.74, 6) is 1.24. The molecule has 148 valence electrons. The molecule has 0 saturated heterocycles. The first-order chi connectivity index (χ1) is 13.5. The molecule has 7 heteroatoms. The molecule has 2 aliphatic rings. The zero-order valence-corrected chi connectivity index (χ0v) is 16.8. The highest BCUT2D eigenvalue weighted by molar-refractivity contribution is 7.14. The highest BCUT2D eigenvalue weighted by Crippen LogP contribution is 2.34. The lowest BCUT2D eigenvalue weighted by Gasteiger charge is -2.16. The van der Waals surface area contributed by atoms with Gasteiger partial charge >= 0.3 is 5.97 Å². The van der Waals surface area contributed by atoms with Crippen molar-refractivity contribution in [2.75, 3.05) is 13.4 Å². The van der Waals surface area contributed by atoms with E-state index in [0.717, 1.165) is 24.8 Å². The molecule has 2 unspecified atom stereocenters. The van der Waals surface area contributed by atoms with Crippen LogP contribution in [-0.4, -0.2) is 25.3 Å². The van der Waals surface area contributed by atoms with Crippen molar-refractivity contribution >= 4 is 23.2 Å². The summed E-state index contributed by atoms with van der Waals surface area (Å²) in [6.07, 6.45) is 3.18. The van der Waals surface area contributed by atoms with Gasteiger partial charge < -0.3 is 19.5 Å². The number of carbonyl (C=O) groups is 2. The molecule has 0 radical (unpaired) electrons. The van der Waals surface area contributed by atoms with E-state index in [0.29, 0.717) is 22.3 Å². The summed E-state index contributed by atoms with van der Waals surface area (Å²) in [4.78, 5) is 26.4. The van der Waals surface area contributed by atoms with Crippen LogP contribution in [0.2, 0.25) is 0 Å². The summed E-state index contributed by atoms with van der Waals surface area (Å²) >= 11 is 1.49. The van der Waals surface area contributed by atoms with Crippen LogP contribution in [0.15, 0.2) is 24.3 Å². The van der Waals surface area contributed by atoms with E-state index in [1.807, 2.05) is 31.2 Å². The molecule has 1 N–H and O–H groups in total. The van der Waals surface area contributed by atoms with E-state index < -0.39 is 5.97 Å². The molecule has 1 aliphatic carbocycles. The molecule has 1 aliphatic heterocycles. The predicted octanol–water partition coefficient (Wildman–Crippen LogP) is 3.64. The maximum absolute atomic E-state index is 12.3. The third kappa shape index (κ3) is 3.99. The predicted molar refractivity (Wildman–Crippen MR) is 105 cm³/mol. The first kappa shape index (κ1) is 18.8. The summed E-state index contributed by atoms with van der Waals surface area (Å²) in [6, 6.07) is 7.22. The molecule has 6 nitrogen and oxygen atoms in total. The Bertz CT molecular complexity index is 906. The summed E-state index contributed by atoms with van der Waals surface area (Å²) < 4.78 is 15.9. The number of hydrogen-bond acceptors (Lipinski definition) is 6. The van der Waals surface area contributed by atoms with Gasteiger partial charge in [0.1, 0.15) is 4.88 Å². The number of nitrogens with one attached hydrogen (secondary N) is 1. The number of ether oxygens (including phenoxy) is 3. The number of thiophene rings is 1. The van der Waals surface area contributed by atoms with Gasteiger partial charge in [-0.15, -0.1) is 11.3 Å². The lowest BCUT2D eigenvalue weighted by molar-refractivity contribution is -0.124. The molecular weight excluding hydrogens is 378 g/mol. The second-order valence-corrected chi connectivity index (χ2v) is 8.52. The number of benzene rings is 1. The molecule has 0 fully saturated rings. The van der Waals surface area contributed by atoms with Gasteiger partial charge in [0, 0.05) is 4.88 Å². The van der Waals surface area contributed by atoms with E-state index in [1.165, 1.54) is 21.8 Å². The van der Waals surface area contributed by atoms with Gasteiger partial charge in [-0.25, -0.2) is 4.79 Å². The fourth-order valence-corrected chi connectivity index (χ4v) is 4.66. The third-order valence-electron chi connectivity index (χ3n) is 5.14. The van der Waals surface area contributed by atoms with Crippen LogP contribution in [0.3, 0.4) is 0 Å². The van der Waals surface area contributed by atoms with Crippen molar-refractivity contribution in [3.63, 3.8) is 0 Å². The molecule has 2 atom stereocenters. The molecule has 1 aromatic heterocycles. The SMILES string of the molecule is CC1CCc2sc(C(=O)OCC(=O)NC(C)c3ccc4c(c3)OCO4)cc2C1. The Balaban J connectivity index is 1.30. The Kier molecular flexibility index (Phi) is 5.26. The van der Waals surface area contributed by atoms with Crippen molar-refractivity contribution in [3.8, 4) is 11.5 Å². The van der Waals surface area contributed by atoms with Crippen molar-refractivity contribution in [1.29, 1.82) is 0 Å². The molecule has 0 spiro atoms. The Morgan fingerprint density at radius 2 is 2.11 bits per heavy atom. The largest absolute Gasteiger partial charge is 0.454 e. The van der Waals surface area contributed by atoms with Crippen molar-refractivity contribution in [3.05, 3.63) is 45.1 Å². The van der Waals surface area contributed by atoms with Crippen molar-refractivity contribution in [2.45, 2.75) is 39.2 Å². The normalized spacial score (nSPS) is 18.3. The second kappa shape index (κ2) is 7.83. The van der Waals surface area contributed by atoms with Crippen molar-refractivity contribution in [1.82, 2.24) is 5.32 Å². The topological polar surface area (TPSA) is 73.9 Å². The number of amides is 1. The fourth-order valence-electron chi connectivity index (χ4n) is 3.56.